The molecular weight excluding hydrogens is 345 g/mol. The molecule has 0 spiro atoms. The van der Waals surface area contributed by atoms with Gasteiger partial charge >= 0.3 is 6.09 Å². The van der Waals surface area contributed by atoms with Crippen molar-refractivity contribution in [1.82, 2.24) is 4.90 Å². The van der Waals surface area contributed by atoms with Gasteiger partial charge in [0.1, 0.15) is 17.2 Å². The van der Waals surface area contributed by atoms with E-state index in [4.69, 9.17) is 4.74 Å². The predicted octanol–water partition coefficient (Wildman–Crippen LogP) is 4.81. The Morgan fingerprint density at radius 3 is 2.37 bits per heavy atom. The van der Waals surface area contributed by atoms with E-state index >= 15 is 0 Å². The number of carbonyl (C=O) groups is 2. The van der Waals surface area contributed by atoms with Crippen LogP contribution in [0, 0.1) is 18.7 Å². The first kappa shape index (κ1) is 19.8. The van der Waals surface area contributed by atoms with Crippen LogP contribution in [0.3, 0.4) is 0 Å². The molecule has 2 fully saturated rings. The summed E-state index contributed by atoms with van der Waals surface area (Å²) in [5.41, 5.74) is 0.794. The van der Waals surface area contributed by atoms with Crippen LogP contribution >= 0.6 is 0 Å². The Morgan fingerprint density at radius 1 is 1.19 bits per heavy atom. The van der Waals surface area contributed by atoms with Crippen LogP contribution in [-0.4, -0.2) is 34.5 Å². The topological polar surface area (TPSA) is 46.6 Å². The Kier molecular flexibility index (Phi) is 5.59. The van der Waals surface area contributed by atoms with Crippen LogP contribution in [0.25, 0.3) is 0 Å². The number of carbonyl (C=O) groups excluding carboxylic acids is 2. The van der Waals surface area contributed by atoms with Crippen molar-refractivity contribution in [2.24, 2.45) is 5.92 Å². The molecule has 0 aromatic heterocycles. The van der Waals surface area contributed by atoms with E-state index in [2.05, 4.69) is 0 Å². The highest BCUT2D eigenvalue weighted by Gasteiger charge is 2.44. The second-order valence-corrected chi connectivity index (χ2v) is 9.02. The molecule has 2 aliphatic heterocycles. The normalized spacial score (nSPS) is 25.2. The number of Topliss-reactive ketones (excluding diaryl/α,β-unsaturated/α-hetero) is 1. The maximum absolute atomic E-state index is 13.8. The fourth-order valence-electron chi connectivity index (χ4n) is 4.35. The first-order valence-electron chi connectivity index (χ1n) is 9.93. The first-order valence-corrected chi connectivity index (χ1v) is 9.93. The van der Waals surface area contributed by atoms with Gasteiger partial charge in [0.2, 0.25) is 0 Å². The number of ketones is 1. The lowest BCUT2D eigenvalue weighted by molar-refractivity contribution is -0.126. The van der Waals surface area contributed by atoms with Crippen molar-refractivity contribution in [3.63, 3.8) is 0 Å². The predicted molar refractivity (Wildman–Crippen MR) is 102 cm³/mol. The van der Waals surface area contributed by atoms with Gasteiger partial charge in [-0.25, -0.2) is 9.18 Å². The van der Waals surface area contributed by atoms with Crippen molar-refractivity contribution >= 4 is 11.9 Å². The minimum Gasteiger partial charge on any atom is -0.444 e. The van der Waals surface area contributed by atoms with Crippen LogP contribution in [0.5, 0.6) is 0 Å². The van der Waals surface area contributed by atoms with E-state index in [0.29, 0.717) is 18.4 Å². The summed E-state index contributed by atoms with van der Waals surface area (Å²) < 4.78 is 19.4. The zero-order chi connectivity index (χ0) is 19.8. The van der Waals surface area contributed by atoms with Crippen LogP contribution in [0.4, 0.5) is 9.18 Å². The molecule has 1 aromatic carbocycles. The molecule has 0 saturated carbocycles. The smallest absolute Gasteiger partial charge is 0.410 e. The van der Waals surface area contributed by atoms with Gasteiger partial charge in [-0.3, -0.25) is 4.79 Å². The van der Waals surface area contributed by atoms with Crippen molar-refractivity contribution < 1.29 is 18.7 Å². The molecule has 0 N–H and O–H groups in total. The number of hydrogen-bond acceptors (Lipinski definition) is 3. The highest BCUT2D eigenvalue weighted by Crippen LogP contribution is 2.38. The number of benzene rings is 1. The van der Waals surface area contributed by atoms with Crippen LogP contribution < -0.4 is 0 Å². The SMILES string of the molecule is Cc1ccc(CC(=O)C2CC3CCCC(C2)N3C(=O)OC(C)(C)C)cc1F. The molecule has 2 aliphatic rings. The van der Waals surface area contributed by atoms with Gasteiger partial charge in [0.15, 0.2) is 0 Å². The fraction of sp³-hybridized carbons (Fsp3) is 0.636. The average Bonchev–Trinajstić information content (AvgIpc) is 2.55. The van der Waals surface area contributed by atoms with Gasteiger partial charge in [-0.05, 0) is 77.0 Å². The molecule has 4 nitrogen and oxygen atoms in total. The zero-order valence-electron chi connectivity index (χ0n) is 16.8. The van der Waals surface area contributed by atoms with Crippen LogP contribution in [0.2, 0.25) is 0 Å². The lowest BCUT2D eigenvalue weighted by Crippen LogP contribution is -2.56. The number of amides is 1. The van der Waals surface area contributed by atoms with Crippen LogP contribution in [-0.2, 0) is 16.0 Å². The summed E-state index contributed by atoms with van der Waals surface area (Å²) in [5.74, 6) is -0.181. The number of piperidine rings is 2. The fourth-order valence-corrected chi connectivity index (χ4v) is 4.35. The van der Waals surface area contributed by atoms with Gasteiger partial charge in [0.25, 0.3) is 0 Å². The standard InChI is InChI=1S/C22H30FNO3/c1-14-8-9-15(10-19(14)23)11-20(25)16-12-17-6-5-7-18(13-16)24(17)21(26)27-22(2,3)4/h8-10,16-18H,5-7,11-13H2,1-4H3. The number of hydrogen-bond donors (Lipinski definition) is 0. The van der Waals surface area contributed by atoms with E-state index in [-0.39, 0.29) is 42.1 Å². The number of nitrogens with zero attached hydrogens (tertiary/aromatic N) is 1. The molecule has 2 saturated heterocycles. The Morgan fingerprint density at radius 2 is 1.81 bits per heavy atom. The van der Waals surface area contributed by atoms with E-state index in [1.165, 1.54) is 6.07 Å². The minimum absolute atomic E-state index is 0.0658. The average molecular weight is 375 g/mol. The summed E-state index contributed by atoms with van der Waals surface area (Å²) in [4.78, 5) is 27.4. The van der Waals surface area contributed by atoms with Crippen LogP contribution in [0.15, 0.2) is 18.2 Å². The summed E-state index contributed by atoms with van der Waals surface area (Å²) >= 11 is 0. The second kappa shape index (κ2) is 7.61. The van der Waals surface area contributed by atoms with Crippen molar-refractivity contribution in [2.45, 2.75) is 83.9 Å². The van der Waals surface area contributed by atoms with Crippen molar-refractivity contribution in [3.05, 3.63) is 35.1 Å². The minimum atomic E-state index is -0.520. The molecule has 1 amide bonds. The first-order chi connectivity index (χ1) is 12.6. The van der Waals surface area contributed by atoms with Gasteiger partial charge in [-0.1, -0.05) is 12.1 Å². The molecule has 3 rings (SSSR count). The largest absolute Gasteiger partial charge is 0.444 e. The Balaban J connectivity index is 1.67. The summed E-state index contributed by atoms with van der Waals surface area (Å²) in [7, 11) is 0. The molecule has 0 aliphatic carbocycles. The number of fused-ring (bicyclic) bond motifs is 2. The monoisotopic (exact) mass is 375 g/mol. The molecule has 2 bridgehead atoms. The maximum Gasteiger partial charge on any atom is 0.410 e. The number of rotatable bonds is 3. The number of aryl methyl sites for hydroxylation is 1. The summed E-state index contributed by atoms with van der Waals surface area (Å²) in [5, 5.41) is 0. The van der Waals surface area contributed by atoms with E-state index in [1.54, 1.807) is 13.0 Å². The Bertz CT molecular complexity index is 711. The van der Waals surface area contributed by atoms with E-state index in [9.17, 15) is 14.0 Å². The van der Waals surface area contributed by atoms with Gasteiger partial charge in [-0.15, -0.1) is 0 Å². The van der Waals surface area contributed by atoms with Crippen molar-refractivity contribution in [1.29, 1.82) is 0 Å². The lowest BCUT2D eigenvalue weighted by Gasteiger charge is -2.48. The number of ether oxygens (including phenoxy) is 1. The van der Waals surface area contributed by atoms with Crippen molar-refractivity contribution in [3.8, 4) is 0 Å². The molecule has 5 heteroatoms. The third-order valence-electron chi connectivity index (χ3n) is 5.65. The van der Waals surface area contributed by atoms with Gasteiger partial charge < -0.3 is 9.64 Å². The molecule has 27 heavy (non-hydrogen) atoms. The third-order valence-corrected chi connectivity index (χ3v) is 5.65. The van der Waals surface area contributed by atoms with Crippen molar-refractivity contribution in [2.75, 3.05) is 0 Å². The molecule has 0 radical (unpaired) electrons. The Labute approximate surface area is 161 Å². The summed E-state index contributed by atoms with van der Waals surface area (Å²) in [6.45, 7) is 7.33. The molecule has 2 atom stereocenters. The molecule has 1 aromatic rings. The third kappa shape index (κ3) is 4.69. The highest BCUT2D eigenvalue weighted by molar-refractivity contribution is 5.84. The lowest BCUT2D eigenvalue weighted by atomic mass is 9.76. The maximum atomic E-state index is 13.8. The molecule has 2 heterocycles. The van der Waals surface area contributed by atoms with E-state index in [0.717, 1.165) is 24.8 Å². The second-order valence-electron chi connectivity index (χ2n) is 9.02. The van der Waals surface area contributed by atoms with Gasteiger partial charge in [0.05, 0.1) is 0 Å². The zero-order valence-corrected chi connectivity index (χ0v) is 16.8. The Hall–Kier alpha value is -1.91. The molecule has 148 valence electrons. The summed E-state index contributed by atoms with van der Waals surface area (Å²) in [6.07, 6.45) is 4.28. The van der Waals surface area contributed by atoms with E-state index < -0.39 is 5.60 Å². The number of halogens is 1. The van der Waals surface area contributed by atoms with Crippen LogP contribution in [0.1, 0.15) is 64.0 Å². The highest BCUT2D eigenvalue weighted by atomic mass is 19.1. The molecular formula is C22H30FNO3. The quantitative estimate of drug-likeness (QED) is 0.761. The van der Waals surface area contributed by atoms with E-state index in [1.807, 2.05) is 31.7 Å². The molecule has 2 unspecified atom stereocenters. The van der Waals surface area contributed by atoms with Gasteiger partial charge in [-0.2, -0.15) is 0 Å². The summed E-state index contributed by atoms with van der Waals surface area (Å²) in [6, 6.07) is 5.14. The van der Waals surface area contributed by atoms with Gasteiger partial charge in [0, 0.05) is 24.4 Å².